The third-order valence-corrected chi connectivity index (χ3v) is 6.70. The van der Waals surface area contributed by atoms with Crippen LogP contribution in [0.3, 0.4) is 0 Å². The zero-order valence-corrected chi connectivity index (χ0v) is 15.0. The Labute approximate surface area is 146 Å². The van der Waals surface area contributed by atoms with Gasteiger partial charge in [-0.25, -0.2) is 8.42 Å². The van der Waals surface area contributed by atoms with Crippen molar-refractivity contribution in [3.63, 3.8) is 0 Å². The summed E-state index contributed by atoms with van der Waals surface area (Å²) >= 11 is 0. The van der Waals surface area contributed by atoms with Crippen molar-refractivity contribution in [1.29, 1.82) is 0 Å². The maximum absolute atomic E-state index is 12.8. The first kappa shape index (κ1) is 17.9. The van der Waals surface area contributed by atoms with Crippen molar-refractivity contribution < 1.29 is 23.1 Å². The Kier molecular flexibility index (Phi) is 4.88. The Bertz CT molecular complexity index is 766. The molecule has 0 saturated carbocycles. The summed E-state index contributed by atoms with van der Waals surface area (Å²) in [6.45, 7) is 3.46. The molecule has 9 heteroatoms. The molecule has 1 aromatic rings. The highest BCUT2D eigenvalue weighted by Gasteiger charge is 2.37. The fraction of sp³-hybridized carbons (Fsp3) is 0.625. The van der Waals surface area contributed by atoms with Crippen LogP contribution in [-0.4, -0.2) is 65.8 Å². The molecule has 0 spiro atoms. The van der Waals surface area contributed by atoms with E-state index < -0.39 is 21.9 Å². The molecule has 1 amide bonds. The van der Waals surface area contributed by atoms with Gasteiger partial charge < -0.3 is 15.0 Å². The maximum atomic E-state index is 12.8. The smallest absolute Gasteiger partial charge is 0.307 e. The van der Waals surface area contributed by atoms with Gasteiger partial charge in [-0.15, -0.1) is 0 Å². The number of sulfonamides is 1. The van der Waals surface area contributed by atoms with Crippen LogP contribution in [0.25, 0.3) is 0 Å². The van der Waals surface area contributed by atoms with E-state index in [4.69, 9.17) is 0 Å². The highest BCUT2D eigenvalue weighted by atomic mass is 32.2. The number of H-pyrrole nitrogens is 1. The third kappa shape index (κ3) is 3.57. The van der Waals surface area contributed by atoms with Gasteiger partial charge in [0.2, 0.25) is 10.0 Å². The minimum absolute atomic E-state index is 0.00767. The van der Waals surface area contributed by atoms with Gasteiger partial charge >= 0.3 is 5.97 Å². The minimum Gasteiger partial charge on any atom is -0.481 e. The van der Waals surface area contributed by atoms with E-state index in [0.29, 0.717) is 19.5 Å². The number of rotatable bonds is 4. The summed E-state index contributed by atoms with van der Waals surface area (Å²) in [5, 5.41) is 9.23. The monoisotopic (exact) mass is 369 g/mol. The fourth-order valence-electron chi connectivity index (χ4n) is 3.56. The number of nitrogens with one attached hydrogen (secondary N) is 1. The van der Waals surface area contributed by atoms with Gasteiger partial charge in [0.15, 0.2) is 0 Å². The summed E-state index contributed by atoms with van der Waals surface area (Å²) in [5.41, 5.74) is 0.250. The van der Waals surface area contributed by atoms with E-state index >= 15 is 0 Å². The van der Waals surface area contributed by atoms with Crippen molar-refractivity contribution in [2.24, 2.45) is 11.8 Å². The summed E-state index contributed by atoms with van der Waals surface area (Å²) in [4.78, 5) is 28.1. The number of aromatic nitrogens is 1. The quantitative estimate of drug-likeness (QED) is 0.822. The van der Waals surface area contributed by atoms with E-state index in [1.54, 1.807) is 4.90 Å². The van der Waals surface area contributed by atoms with Crippen LogP contribution in [-0.2, 0) is 14.8 Å². The highest BCUT2D eigenvalue weighted by Crippen LogP contribution is 2.27. The molecule has 0 aliphatic carbocycles. The average Bonchev–Trinajstić information content (AvgIpc) is 3.25. The molecular formula is C16H23N3O5S. The average molecular weight is 369 g/mol. The fourth-order valence-corrected chi connectivity index (χ4v) is 5.16. The zero-order chi connectivity index (χ0) is 18.2. The first-order valence-corrected chi connectivity index (χ1v) is 9.93. The first-order chi connectivity index (χ1) is 11.8. The summed E-state index contributed by atoms with van der Waals surface area (Å²) < 4.78 is 26.9. The van der Waals surface area contributed by atoms with Crippen molar-refractivity contribution in [2.45, 2.75) is 31.1 Å². The van der Waals surface area contributed by atoms with Crippen LogP contribution in [0.4, 0.5) is 0 Å². The molecule has 2 atom stereocenters. The second-order valence-corrected chi connectivity index (χ2v) is 8.88. The SMILES string of the molecule is CC1CC(C(=O)O)CN(S(=O)(=O)c2c[nH]c(C(=O)N3CCCC3)c2)C1. The molecule has 138 valence electrons. The number of carboxylic acid groups (broad SMARTS) is 1. The second kappa shape index (κ2) is 6.80. The Hall–Kier alpha value is -1.87. The van der Waals surface area contributed by atoms with Gasteiger partial charge in [-0.05, 0) is 31.2 Å². The first-order valence-electron chi connectivity index (χ1n) is 8.49. The normalized spacial score (nSPS) is 25.2. The van der Waals surface area contributed by atoms with Crippen LogP contribution in [0.5, 0.6) is 0 Å². The summed E-state index contributed by atoms with van der Waals surface area (Å²) in [6.07, 6.45) is 3.70. The number of aliphatic carboxylic acids is 1. The predicted molar refractivity (Wildman–Crippen MR) is 89.6 cm³/mol. The van der Waals surface area contributed by atoms with Crippen molar-refractivity contribution in [1.82, 2.24) is 14.2 Å². The molecule has 3 heterocycles. The molecule has 2 fully saturated rings. The van der Waals surface area contributed by atoms with E-state index in [9.17, 15) is 23.1 Å². The molecule has 2 aliphatic rings. The van der Waals surface area contributed by atoms with Crippen LogP contribution >= 0.6 is 0 Å². The number of likely N-dealkylation sites (tertiary alicyclic amines) is 1. The molecule has 2 saturated heterocycles. The maximum Gasteiger partial charge on any atom is 0.307 e. The van der Waals surface area contributed by atoms with Crippen LogP contribution in [0.2, 0.25) is 0 Å². The molecule has 2 unspecified atom stereocenters. The van der Waals surface area contributed by atoms with Gasteiger partial charge in [-0.2, -0.15) is 4.31 Å². The van der Waals surface area contributed by atoms with E-state index in [-0.39, 0.29) is 35.5 Å². The van der Waals surface area contributed by atoms with E-state index in [1.165, 1.54) is 16.6 Å². The molecule has 1 aromatic heterocycles. The number of hydrogen-bond acceptors (Lipinski definition) is 4. The van der Waals surface area contributed by atoms with Crippen LogP contribution in [0, 0.1) is 11.8 Å². The second-order valence-electron chi connectivity index (χ2n) is 6.95. The number of carbonyl (C=O) groups excluding carboxylic acids is 1. The Balaban J connectivity index is 1.80. The number of nitrogens with zero attached hydrogens (tertiary/aromatic N) is 2. The standard InChI is InChI=1S/C16H23N3O5S/c1-11-6-12(16(21)22)10-19(9-11)25(23,24)13-7-14(17-8-13)15(20)18-4-2-3-5-18/h7-8,11-12,17H,2-6,9-10H2,1H3,(H,21,22). The Morgan fingerprint density at radius 2 is 1.92 bits per heavy atom. The molecule has 2 N–H and O–H groups in total. The molecule has 8 nitrogen and oxygen atoms in total. The number of carbonyl (C=O) groups is 2. The lowest BCUT2D eigenvalue weighted by Crippen LogP contribution is -2.45. The van der Waals surface area contributed by atoms with Crippen molar-refractivity contribution in [3.05, 3.63) is 18.0 Å². The van der Waals surface area contributed by atoms with E-state index in [2.05, 4.69) is 4.98 Å². The molecule has 0 bridgehead atoms. The number of aromatic amines is 1. The number of hydrogen-bond donors (Lipinski definition) is 2. The largest absolute Gasteiger partial charge is 0.481 e. The summed E-state index contributed by atoms with van der Waals surface area (Å²) in [7, 11) is -3.83. The zero-order valence-electron chi connectivity index (χ0n) is 14.1. The molecule has 0 aromatic carbocycles. The topological polar surface area (TPSA) is 111 Å². The van der Waals surface area contributed by atoms with Gasteiger partial charge in [0.05, 0.1) is 5.92 Å². The highest BCUT2D eigenvalue weighted by molar-refractivity contribution is 7.89. The lowest BCUT2D eigenvalue weighted by Gasteiger charge is -2.33. The lowest BCUT2D eigenvalue weighted by atomic mass is 9.92. The van der Waals surface area contributed by atoms with Gasteiger partial charge in [0.1, 0.15) is 10.6 Å². The molecule has 3 rings (SSSR count). The van der Waals surface area contributed by atoms with Crippen molar-refractivity contribution in [3.8, 4) is 0 Å². The third-order valence-electron chi connectivity index (χ3n) is 4.89. The van der Waals surface area contributed by atoms with Gasteiger partial charge in [-0.3, -0.25) is 9.59 Å². The van der Waals surface area contributed by atoms with Crippen molar-refractivity contribution in [2.75, 3.05) is 26.2 Å². The van der Waals surface area contributed by atoms with Crippen LogP contribution < -0.4 is 0 Å². The Morgan fingerprint density at radius 3 is 2.56 bits per heavy atom. The summed E-state index contributed by atoms with van der Waals surface area (Å²) in [5.74, 6) is -1.92. The molecule has 25 heavy (non-hydrogen) atoms. The lowest BCUT2D eigenvalue weighted by molar-refractivity contribution is -0.143. The van der Waals surface area contributed by atoms with Gasteiger partial charge in [0.25, 0.3) is 5.91 Å². The Morgan fingerprint density at radius 1 is 1.24 bits per heavy atom. The van der Waals surface area contributed by atoms with Crippen molar-refractivity contribution >= 4 is 21.9 Å². The molecular weight excluding hydrogens is 346 g/mol. The van der Waals surface area contributed by atoms with E-state index in [1.807, 2.05) is 6.92 Å². The van der Waals surface area contributed by atoms with Gasteiger partial charge in [0, 0.05) is 32.4 Å². The van der Waals surface area contributed by atoms with Crippen LogP contribution in [0.15, 0.2) is 17.2 Å². The summed E-state index contributed by atoms with van der Waals surface area (Å²) in [6, 6.07) is 1.35. The molecule has 0 radical (unpaired) electrons. The number of piperidine rings is 1. The van der Waals surface area contributed by atoms with Crippen LogP contribution in [0.1, 0.15) is 36.7 Å². The predicted octanol–water partition coefficient (Wildman–Crippen LogP) is 0.982. The van der Waals surface area contributed by atoms with E-state index in [0.717, 1.165) is 12.8 Å². The number of amides is 1. The number of carboxylic acids is 1. The molecule has 2 aliphatic heterocycles. The minimum atomic E-state index is -3.83. The van der Waals surface area contributed by atoms with Gasteiger partial charge in [-0.1, -0.05) is 6.92 Å².